The lowest BCUT2D eigenvalue weighted by Gasteiger charge is -2.22. The first-order chi connectivity index (χ1) is 9.21. The molecule has 1 atom stereocenters. The molecule has 1 amide bonds. The predicted octanol–water partition coefficient (Wildman–Crippen LogP) is 2.67. The third-order valence-electron chi connectivity index (χ3n) is 2.38. The van der Waals surface area contributed by atoms with Crippen LogP contribution < -0.4 is 5.32 Å². The Morgan fingerprint density at radius 2 is 2.00 bits per heavy atom. The highest BCUT2D eigenvalue weighted by Gasteiger charge is 2.25. The average Bonchev–Trinajstić information content (AvgIpc) is 2.70. The molecule has 112 valence electrons. The standard InChI is InChI=1S/C14H21NO4S/c1-9-6-7-10(20-9)8-11(12(16)18-5)15-13(17)19-14(2,3)4/h6-7,11H,8H2,1-5H3,(H,15,17)/t11-/m0/s1. The van der Waals surface area contributed by atoms with Gasteiger partial charge >= 0.3 is 12.1 Å². The first-order valence-corrected chi connectivity index (χ1v) is 7.15. The Hall–Kier alpha value is -1.56. The lowest BCUT2D eigenvalue weighted by Crippen LogP contribution is -2.45. The maximum absolute atomic E-state index is 11.7. The van der Waals surface area contributed by atoms with E-state index in [0.717, 1.165) is 9.75 Å². The molecule has 0 saturated carbocycles. The highest BCUT2D eigenvalue weighted by molar-refractivity contribution is 7.11. The van der Waals surface area contributed by atoms with E-state index in [1.807, 2.05) is 19.1 Å². The fourth-order valence-corrected chi connectivity index (χ4v) is 2.52. The Morgan fingerprint density at radius 1 is 1.35 bits per heavy atom. The van der Waals surface area contributed by atoms with Crippen LogP contribution in [0.25, 0.3) is 0 Å². The SMILES string of the molecule is COC(=O)[C@H](Cc1ccc(C)s1)NC(=O)OC(C)(C)C. The molecule has 0 radical (unpaired) electrons. The van der Waals surface area contributed by atoms with Crippen molar-refractivity contribution in [3.63, 3.8) is 0 Å². The van der Waals surface area contributed by atoms with Gasteiger partial charge in [0.25, 0.3) is 0 Å². The molecule has 0 bridgehead atoms. The Kier molecular flexibility index (Phi) is 5.56. The lowest BCUT2D eigenvalue weighted by molar-refractivity contribution is -0.143. The van der Waals surface area contributed by atoms with E-state index in [1.165, 1.54) is 7.11 Å². The summed E-state index contributed by atoms with van der Waals surface area (Å²) in [6, 6.07) is 3.17. The van der Waals surface area contributed by atoms with Crippen LogP contribution >= 0.6 is 11.3 Å². The van der Waals surface area contributed by atoms with Crippen molar-refractivity contribution < 1.29 is 19.1 Å². The van der Waals surface area contributed by atoms with E-state index in [2.05, 4.69) is 5.32 Å². The summed E-state index contributed by atoms with van der Waals surface area (Å²) in [6.45, 7) is 7.29. The largest absolute Gasteiger partial charge is 0.467 e. The van der Waals surface area contributed by atoms with E-state index in [9.17, 15) is 9.59 Å². The van der Waals surface area contributed by atoms with Crippen LogP contribution in [-0.2, 0) is 20.7 Å². The number of carbonyl (C=O) groups is 2. The number of methoxy groups -OCH3 is 1. The van der Waals surface area contributed by atoms with Gasteiger partial charge in [0.1, 0.15) is 11.6 Å². The number of aryl methyl sites for hydroxylation is 1. The van der Waals surface area contributed by atoms with Gasteiger partial charge < -0.3 is 14.8 Å². The second-order valence-electron chi connectivity index (χ2n) is 5.44. The van der Waals surface area contributed by atoms with Gasteiger partial charge in [0.15, 0.2) is 0 Å². The van der Waals surface area contributed by atoms with Crippen molar-refractivity contribution in [1.82, 2.24) is 5.32 Å². The summed E-state index contributed by atoms with van der Waals surface area (Å²) in [5, 5.41) is 2.55. The first-order valence-electron chi connectivity index (χ1n) is 6.34. The van der Waals surface area contributed by atoms with Crippen molar-refractivity contribution in [2.45, 2.75) is 45.8 Å². The molecule has 0 saturated heterocycles. The van der Waals surface area contributed by atoms with Crippen LogP contribution in [-0.4, -0.2) is 30.8 Å². The van der Waals surface area contributed by atoms with Crippen molar-refractivity contribution in [3.05, 3.63) is 21.9 Å². The molecule has 0 aliphatic rings. The van der Waals surface area contributed by atoms with Crippen molar-refractivity contribution >= 4 is 23.4 Å². The summed E-state index contributed by atoms with van der Waals surface area (Å²) >= 11 is 1.58. The van der Waals surface area contributed by atoms with Crippen molar-refractivity contribution in [1.29, 1.82) is 0 Å². The summed E-state index contributed by atoms with van der Waals surface area (Å²) in [6.07, 6.45) is -0.231. The topological polar surface area (TPSA) is 64.6 Å². The second kappa shape index (κ2) is 6.74. The third-order valence-corrected chi connectivity index (χ3v) is 3.40. The molecule has 0 spiro atoms. The quantitative estimate of drug-likeness (QED) is 0.868. The molecule has 6 heteroatoms. The Balaban J connectivity index is 2.70. The fraction of sp³-hybridized carbons (Fsp3) is 0.571. The molecule has 1 N–H and O–H groups in total. The number of hydrogen-bond donors (Lipinski definition) is 1. The molecular weight excluding hydrogens is 278 g/mol. The maximum atomic E-state index is 11.7. The summed E-state index contributed by atoms with van der Waals surface area (Å²) in [5.74, 6) is -0.484. The van der Waals surface area contributed by atoms with Crippen LogP contribution in [0.15, 0.2) is 12.1 Å². The Labute approximate surface area is 123 Å². The van der Waals surface area contributed by atoms with Gasteiger partial charge in [-0.15, -0.1) is 11.3 Å². The van der Waals surface area contributed by atoms with Crippen LogP contribution in [0.3, 0.4) is 0 Å². The summed E-state index contributed by atoms with van der Waals surface area (Å²) in [4.78, 5) is 25.6. The van der Waals surface area contributed by atoms with E-state index in [1.54, 1.807) is 32.1 Å². The average molecular weight is 299 g/mol. The Morgan fingerprint density at radius 3 is 2.45 bits per heavy atom. The van der Waals surface area contributed by atoms with Gasteiger partial charge in [-0.3, -0.25) is 0 Å². The van der Waals surface area contributed by atoms with Crippen LogP contribution in [0.4, 0.5) is 4.79 Å². The lowest BCUT2D eigenvalue weighted by atomic mass is 10.2. The molecule has 0 fully saturated rings. The van der Waals surface area contributed by atoms with Gasteiger partial charge in [-0.05, 0) is 39.8 Å². The second-order valence-corrected chi connectivity index (χ2v) is 6.81. The summed E-state index contributed by atoms with van der Waals surface area (Å²) in [5.41, 5.74) is -0.607. The van der Waals surface area contributed by atoms with E-state index in [4.69, 9.17) is 9.47 Å². The highest BCUT2D eigenvalue weighted by Crippen LogP contribution is 2.17. The van der Waals surface area contributed by atoms with Crippen LogP contribution in [0.1, 0.15) is 30.5 Å². The molecule has 0 aromatic carbocycles. The number of rotatable bonds is 4. The van der Waals surface area contributed by atoms with Gasteiger partial charge in [0, 0.05) is 16.2 Å². The van der Waals surface area contributed by atoms with Crippen molar-refractivity contribution in [2.75, 3.05) is 7.11 Å². The maximum Gasteiger partial charge on any atom is 0.408 e. The molecule has 1 rings (SSSR count). The van der Waals surface area contributed by atoms with E-state index in [0.29, 0.717) is 6.42 Å². The highest BCUT2D eigenvalue weighted by atomic mass is 32.1. The smallest absolute Gasteiger partial charge is 0.408 e. The van der Waals surface area contributed by atoms with Gasteiger partial charge in [-0.25, -0.2) is 9.59 Å². The molecule has 0 unspecified atom stereocenters. The number of ether oxygens (including phenoxy) is 2. The molecule has 1 aromatic rings. The minimum absolute atomic E-state index is 0.393. The molecule has 1 heterocycles. The number of thiophene rings is 1. The van der Waals surface area contributed by atoms with Gasteiger partial charge in [-0.2, -0.15) is 0 Å². The fourth-order valence-electron chi connectivity index (χ4n) is 1.58. The minimum atomic E-state index is -0.743. The molecule has 1 aromatic heterocycles. The number of carbonyl (C=O) groups excluding carboxylic acids is 2. The number of nitrogens with one attached hydrogen (secondary N) is 1. The number of alkyl carbamates (subject to hydrolysis) is 1. The predicted molar refractivity (Wildman–Crippen MR) is 77.9 cm³/mol. The summed E-state index contributed by atoms with van der Waals surface area (Å²) in [7, 11) is 1.30. The number of amides is 1. The molecule has 0 aliphatic carbocycles. The van der Waals surface area contributed by atoms with Gasteiger partial charge in [-0.1, -0.05) is 0 Å². The normalized spacial score (nSPS) is 12.7. The van der Waals surface area contributed by atoms with E-state index in [-0.39, 0.29) is 0 Å². The zero-order valence-electron chi connectivity index (χ0n) is 12.5. The van der Waals surface area contributed by atoms with Crippen LogP contribution in [0.5, 0.6) is 0 Å². The monoisotopic (exact) mass is 299 g/mol. The molecule has 0 aliphatic heterocycles. The van der Waals surface area contributed by atoms with E-state index < -0.39 is 23.7 Å². The van der Waals surface area contributed by atoms with Crippen LogP contribution in [0.2, 0.25) is 0 Å². The first kappa shape index (κ1) is 16.5. The molecule has 5 nitrogen and oxygen atoms in total. The van der Waals surface area contributed by atoms with Crippen LogP contribution in [0, 0.1) is 6.92 Å². The minimum Gasteiger partial charge on any atom is -0.467 e. The summed E-state index contributed by atoms with van der Waals surface area (Å²) < 4.78 is 9.87. The van der Waals surface area contributed by atoms with E-state index >= 15 is 0 Å². The van der Waals surface area contributed by atoms with Gasteiger partial charge in [0.2, 0.25) is 0 Å². The zero-order chi connectivity index (χ0) is 15.3. The van der Waals surface area contributed by atoms with Crippen molar-refractivity contribution in [3.8, 4) is 0 Å². The zero-order valence-corrected chi connectivity index (χ0v) is 13.3. The van der Waals surface area contributed by atoms with Crippen molar-refractivity contribution in [2.24, 2.45) is 0 Å². The molecule has 20 heavy (non-hydrogen) atoms. The number of esters is 1. The third kappa shape index (κ3) is 5.61. The Bertz CT molecular complexity index is 476. The number of hydrogen-bond acceptors (Lipinski definition) is 5. The molecular formula is C14H21NO4S. The van der Waals surface area contributed by atoms with Gasteiger partial charge in [0.05, 0.1) is 7.11 Å².